The van der Waals surface area contributed by atoms with Gasteiger partial charge in [0.1, 0.15) is 0 Å². The van der Waals surface area contributed by atoms with Crippen molar-refractivity contribution in [1.29, 1.82) is 0 Å². The van der Waals surface area contributed by atoms with Gasteiger partial charge in [-0.1, -0.05) is 12.8 Å². The van der Waals surface area contributed by atoms with Gasteiger partial charge in [0.25, 0.3) is 0 Å². The van der Waals surface area contributed by atoms with Gasteiger partial charge in [-0.25, -0.2) is 0 Å². The highest BCUT2D eigenvalue weighted by atomic mass is 15.2. The van der Waals surface area contributed by atoms with Crippen molar-refractivity contribution >= 4 is 5.96 Å². The molecule has 1 fully saturated rings. The quantitative estimate of drug-likeness (QED) is 0.742. The van der Waals surface area contributed by atoms with Crippen LogP contribution in [0.3, 0.4) is 0 Å². The number of hydrogen-bond acceptors (Lipinski definition) is 4. The number of rotatable bonds is 4. The summed E-state index contributed by atoms with van der Waals surface area (Å²) in [6, 6.07) is 0.822. The van der Waals surface area contributed by atoms with Crippen LogP contribution in [0, 0.1) is 0 Å². The van der Waals surface area contributed by atoms with E-state index in [9.17, 15) is 0 Å². The second kappa shape index (κ2) is 6.09. The summed E-state index contributed by atoms with van der Waals surface area (Å²) in [4.78, 5) is 6.89. The van der Waals surface area contributed by atoms with Crippen LogP contribution in [0.15, 0.2) is 4.99 Å². The van der Waals surface area contributed by atoms with E-state index in [0.717, 1.165) is 44.6 Å². The first-order valence-corrected chi connectivity index (χ1v) is 6.59. The van der Waals surface area contributed by atoms with Crippen LogP contribution in [-0.4, -0.2) is 50.1 Å². The maximum Gasteiger partial charge on any atom is 0.191 e. The molecule has 0 aromatic heterocycles. The first-order chi connectivity index (χ1) is 7.86. The summed E-state index contributed by atoms with van der Waals surface area (Å²) in [5, 5.41) is 6.66. The summed E-state index contributed by atoms with van der Waals surface area (Å²) in [5.41, 5.74) is 0. The van der Waals surface area contributed by atoms with Crippen LogP contribution in [0.2, 0.25) is 0 Å². The number of aliphatic imine (C=N–C) groups is 1. The van der Waals surface area contributed by atoms with Crippen LogP contribution in [0.4, 0.5) is 0 Å². The third-order valence-corrected chi connectivity index (χ3v) is 3.60. The van der Waals surface area contributed by atoms with Gasteiger partial charge in [-0.15, -0.1) is 0 Å². The van der Waals surface area contributed by atoms with E-state index in [2.05, 4.69) is 27.6 Å². The Morgan fingerprint density at radius 3 is 2.88 bits per heavy atom. The fraction of sp³-hybridized carbons (Fsp3) is 0.917. The third-order valence-electron chi connectivity index (χ3n) is 3.60. The lowest BCUT2D eigenvalue weighted by Crippen LogP contribution is -2.44. The Bertz CT molecular complexity index is 233. The van der Waals surface area contributed by atoms with Crippen molar-refractivity contribution in [3.8, 4) is 0 Å². The largest absolute Gasteiger partial charge is 0.356 e. The standard InChI is InChI=1S/C12H24N4/c1-16(11-5-2-3-6-11)10-9-15-12-13-7-4-8-14-12/h11H,2-10H2,1H3,(H2,13,14,15). The molecule has 1 heterocycles. The Kier molecular flexibility index (Phi) is 4.45. The van der Waals surface area contributed by atoms with Crippen LogP contribution >= 0.6 is 0 Å². The van der Waals surface area contributed by atoms with Crippen LogP contribution in [0.25, 0.3) is 0 Å². The van der Waals surface area contributed by atoms with Gasteiger partial charge in [-0.2, -0.15) is 0 Å². The molecule has 0 aromatic rings. The van der Waals surface area contributed by atoms with E-state index in [1.54, 1.807) is 0 Å². The van der Waals surface area contributed by atoms with Crippen molar-refractivity contribution in [1.82, 2.24) is 15.5 Å². The fourth-order valence-electron chi connectivity index (χ4n) is 2.53. The zero-order chi connectivity index (χ0) is 11.2. The highest BCUT2D eigenvalue weighted by Gasteiger charge is 2.18. The lowest BCUT2D eigenvalue weighted by Gasteiger charge is -2.24. The van der Waals surface area contributed by atoms with Gasteiger partial charge in [-0.3, -0.25) is 4.99 Å². The Labute approximate surface area is 98.5 Å². The summed E-state index contributed by atoms with van der Waals surface area (Å²) >= 11 is 0. The topological polar surface area (TPSA) is 39.7 Å². The van der Waals surface area contributed by atoms with E-state index >= 15 is 0 Å². The van der Waals surface area contributed by atoms with Gasteiger partial charge in [0, 0.05) is 32.2 Å². The van der Waals surface area contributed by atoms with Crippen LogP contribution < -0.4 is 10.6 Å². The normalized spacial score (nSPS) is 22.0. The number of hydrogen-bond donors (Lipinski definition) is 2. The Hall–Kier alpha value is -0.770. The molecule has 4 nitrogen and oxygen atoms in total. The minimum absolute atomic E-state index is 0.822. The molecule has 1 aliphatic carbocycles. The Morgan fingerprint density at radius 2 is 2.19 bits per heavy atom. The molecule has 92 valence electrons. The first kappa shape index (κ1) is 11.7. The summed E-state index contributed by atoms with van der Waals surface area (Å²) in [7, 11) is 2.24. The van der Waals surface area contributed by atoms with Crippen LogP contribution in [0.1, 0.15) is 32.1 Å². The van der Waals surface area contributed by atoms with E-state index < -0.39 is 0 Å². The van der Waals surface area contributed by atoms with Gasteiger partial charge < -0.3 is 15.5 Å². The molecule has 2 aliphatic rings. The zero-order valence-electron chi connectivity index (χ0n) is 10.3. The van der Waals surface area contributed by atoms with Gasteiger partial charge >= 0.3 is 0 Å². The molecule has 0 amide bonds. The molecule has 0 saturated heterocycles. The van der Waals surface area contributed by atoms with E-state index in [0.29, 0.717) is 0 Å². The molecule has 2 rings (SSSR count). The van der Waals surface area contributed by atoms with Crippen molar-refractivity contribution in [2.75, 3.05) is 33.2 Å². The van der Waals surface area contributed by atoms with E-state index in [1.165, 1.54) is 25.7 Å². The first-order valence-electron chi connectivity index (χ1n) is 6.59. The van der Waals surface area contributed by atoms with Crippen LogP contribution in [-0.2, 0) is 0 Å². The molecule has 0 radical (unpaired) electrons. The van der Waals surface area contributed by atoms with Crippen molar-refractivity contribution in [2.45, 2.75) is 38.1 Å². The Morgan fingerprint density at radius 1 is 1.38 bits per heavy atom. The summed E-state index contributed by atoms with van der Waals surface area (Å²) < 4.78 is 0. The summed E-state index contributed by atoms with van der Waals surface area (Å²) in [6.07, 6.45) is 6.76. The summed E-state index contributed by atoms with van der Waals surface area (Å²) in [6.45, 7) is 4.14. The molecule has 2 N–H and O–H groups in total. The number of guanidine groups is 1. The van der Waals surface area contributed by atoms with Gasteiger partial charge in [-0.05, 0) is 26.3 Å². The minimum atomic E-state index is 0.822. The maximum atomic E-state index is 4.40. The number of likely N-dealkylation sites (N-methyl/N-ethyl adjacent to an activating group) is 1. The predicted molar refractivity (Wildman–Crippen MR) is 67.8 cm³/mol. The van der Waals surface area contributed by atoms with E-state index in [1.807, 2.05) is 0 Å². The monoisotopic (exact) mass is 224 g/mol. The molecular weight excluding hydrogens is 200 g/mol. The minimum Gasteiger partial charge on any atom is -0.356 e. The maximum absolute atomic E-state index is 4.40. The van der Waals surface area contributed by atoms with Gasteiger partial charge in [0.2, 0.25) is 0 Å². The SMILES string of the molecule is CN(CCNC1=NCCCN1)C1CCCC1. The molecular formula is C12H24N4. The molecule has 0 aromatic carbocycles. The second-order valence-electron chi connectivity index (χ2n) is 4.86. The van der Waals surface area contributed by atoms with Crippen molar-refractivity contribution in [2.24, 2.45) is 4.99 Å². The highest BCUT2D eigenvalue weighted by Crippen LogP contribution is 2.21. The molecule has 4 heteroatoms. The van der Waals surface area contributed by atoms with E-state index in [-0.39, 0.29) is 0 Å². The highest BCUT2D eigenvalue weighted by molar-refractivity contribution is 5.80. The Balaban J connectivity index is 1.61. The molecule has 0 unspecified atom stereocenters. The number of nitrogens with zero attached hydrogens (tertiary/aromatic N) is 2. The molecule has 1 saturated carbocycles. The predicted octanol–water partition coefficient (Wildman–Crippen LogP) is 0.800. The molecule has 1 aliphatic heterocycles. The van der Waals surface area contributed by atoms with Crippen LogP contribution in [0.5, 0.6) is 0 Å². The van der Waals surface area contributed by atoms with Crippen molar-refractivity contribution in [3.63, 3.8) is 0 Å². The molecule has 0 atom stereocenters. The third kappa shape index (κ3) is 3.37. The van der Waals surface area contributed by atoms with Gasteiger partial charge in [0.05, 0.1) is 0 Å². The number of nitrogens with one attached hydrogen (secondary N) is 2. The molecule has 0 spiro atoms. The molecule has 0 bridgehead atoms. The smallest absolute Gasteiger partial charge is 0.191 e. The van der Waals surface area contributed by atoms with Crippen molar-refractivity contribution < 1.29 is 0 Å². The summed E-state index contributed by atoms with van der Waals surface area (Å²) in [5.74, 6) is 0.992. The van der Waals surface area contributed by atoms with Gasteiger partial charge in [0.15, 0.2) is 5.96 Å². The lowest BCUT2D eigenvalue weighted by atomic mass is 10.2. The van der Waals surface area contributed by atoms with E-state index in [4.69, 9.17) is 0 Å². The average molecular weight is 224 g/mol. The fourth-order valence-corrected chi connectivity index (χ4v) is 2.53. The second-order valence-corrected chi connectivity index (χ2v) is 4.86. The average Bonchev–Trinajstić information content (AvgIpc) is 2.84. The lowest BCUT2D eigenvalue weighted by molar-refractivity contribution is 0.249. The zero-order valence-corrected chi connectivity index (χ0v) is 10.3. The van der Waals surface area contributed by atoms with Crippen molar-refractivity contribution in [3.05, 3.63) is 0 Å². The molecule has 16 heavy (non-hydrogen) atoms.